The predicted octanol–water partition coefficient (Wildman–Crippen LogP) is 10.7. The number of carbonyl (C=O) groups excluding carboxylic acids is 11. The molecule has 5 amide bonds. The number of hydrogen-bond donors (Lipinski definition) is 13. The third-order valence-electron chi connectivity index (χ3n) is 30.7. The number of carboxylic acids is 1. The third kappa shape index (κ3) is 20.1. The molecule has 0 spiro atoms. The lowest BCUT2D eigenvalue weighted by atomic mass is 9.44. The Balaban J connectivity index is 0.000000212. The van der Waals surface area contributed by atoms with Crippen LogP contribution in [0.15, 0.2) is 170 Å². The highest BCUT2D eigenvalue weighted by Crippen LogP contribution is 2.75. The summed E-state index contributed by atoms with van der Waals surface area (Å²) in [6, 6.07) is 25.4. The topological polar surface area (TPSA) is 496 Å². The zero-order chi connectivity index (χ0) is 103. The second-order valence-corrected chi connectivity index (χ2v) is 41.0. The van der Waals surface area contributed by atoms with Crippen molar-refractivity contribution in [1.29, 1.82) is 0 Å². The van der Waals surface area contributed by atoms with Gasteiger partial charge >= 0.3 is 18.2 Å². The van der Waals surface area contributed by atoms with Crippen molar-refractivity contribution in [1.82, 2.24) is 35.9 Å². The van der Waals surface area contributed by atoms with E-state index in [-0.39, 0.29) is 92.8 Å². The van der Waals surface area contributed by atoms with Gasteiger partial charge in [-0.15, -0.1) is 0 Å². The van der Waals surface area contributed by atoms with E-state index in [0.29, 0.717) is 46.7 Å². The number of alkyl halides is 7. The van der Waals surface area contributed by atoms with E-state index in [9.17, 15) is 86.3 Å². The summed E-state index contributed by atoms with van der Waals surface area (Å²) in [5.74, 6) is -12.4. The molecule has 6 aromatic rings. The van der Waals surface area contributed by atoms with Crippen LogP contribution in [0.1, 0.15) is 185 Å². The molecule has 26 atom stereocenters. The summed E-state index contributed by atoms with van der Waals surface area (Å²) >= 11 is 0. The fourth-order valence-electron chi connectivity index (χ4n) is 23.5. The van der Waals surface area contributed by atoms with Gasteiger partial charge in [-0.2, -0.15) is 13.2 Å². The average Bonchev–Trinajstić information content (AvgIpc) is 1.48. The van der Waals surface area contributed by atoms with Crippen LogP contribution >= 0.6 is 0 Å². The number of nitrogens with one attached hydrogen (secondary N) is 7. The summed E-state index contributed by atoms with van der Waals surface area (Å²) in [6.45, 7) is 16.1. The molecule has 4 aromatic carbocycles. The Hall–Kier alpha value is -12.0. The molecule has 8 fully saturated rings. The summed E-state index contributed by atoms with van der Waals surface area (Å²) < 4.78 is 131. The maximum atomic E-state index is 17.8. The Labute approximate surface area is 813 Å². The predicted molar refractivity (Wildman–Crippen MR) is 496 cm³/mol. The first-order valence-corrected chi connectivity index (χ1v) is 47.2. The number of amides is 5. The number of alkyl carbamates (subject to hydrolysis) is 1. The number of carboxylic acid groups (broad SMARTS) is 1. The smallest absolute Gasteiger partial charge is 0.475 e. The molecule has 2 aliphatic heterocycles. The molecule has 10 aliphatic rings. The number of imidazole rings is 2. The average molecular weight is 1980 g/mol. The first-order valence-electron chi connectivity index (χ1n) is 47.2. The molecule has 0 unspecified atom stereocenters. The number of aromatic nitrogens is 4. The number of anilines is 2. The minimum Gasteiger partial charge on any atom is -0.475 e. The van der Waals surface area contributed by atoms with Gasteiger partial charge in [0.25, 0.3) is 0 Å². The fraction of sp³-hybridized carbons (Fsp3) is 0.515. The summed E-state index contributed by atoms with van der Waals surface area (Å²) in [5.41, 5.74) is -1.68. The molecule has 4 heterocycles. The fourth-order valence-corrected chi connectivity index (χ4v) is 23.5. The van der Waals surface area contributed by atoms with Crippen molar-refractivity contribution in [3.8, 4) is 0 Å². The number of allylic oxidation sites excluding steroid dienone is 8. The number of Topliss-reactive ketones (excluding diaryl/α,β-unsaturated/α-hetero) is 4. The van der Waals surface area contributed by atoms with Crippen LogP contribution in [-0.2, 0) is 102 Å². The quantitative estimate of drug-likeness (QED) is 0.0194. The van der Waals surface area contributed by atoms with Gasteiger partial charge in [0, 0.05) is 117 Å². The molecule has 6 saturated carbocycles. The number of hydrogen-bond acceptors (Lipinski definition) is 24. The molecule has 0 bridgehead atoms. The number of fused-ring (bicyclic) bond motifs is 14. The van der Waals surface area contributed by atoms with Crippen LogP contribution in [0.4, 0.5) is 46.9 Å². The number of halogens is 7. The van der Waals surface area contributed by atoms with Crippen LogP contribution in [0.5, 0.6) is 0 Å². The van der Waals surface area contributed by atoms with Crippen molar-refractivity contribution in [2.75, 3.05) is 23.8 Å². The van der Waals surface area contributed by atoms with Crippen molar-refractivity contribution in [3.63, 3.8) is 0 Å². The highest BCUT2D eigenvalue weighted by molar-refractivity contribution is 6.03. The molecule has 0 radical (unpaired) electrons. The summed E-state index contributed by atoms with van der Waals surface area (Å²) in [7, 11) is 0. The van der Waals surface area contributed by atoms with Crippen molar-refractivity contribution < 1.29 is 137 Å². The van der Waals surface area contributed by atoms with Gasteiger partial charge in [-0.05, 0) is 194 Å². The minimum atomic E-state index is -5.08. The molecular weight excluding hydrogens is 1860 g/mol. The molecular formula is C103H119F7N10O22. The van der Waals surface area contributed by atoms with Gasteiger partial charge in [0.1, 0.15) is 37.2 Å². The molecule has 39 heteroatoms. The Morgan fingerprint density at radius 1 is 0.549 bits per heavy atom. The zero-order valence-corrected chi connectivity index (χ0v) is 80.1. The maximum absolute atomic E-state index is 17.8. The summed E-state index contributed by atoms with van der Waals surface area (Å²) in [6.07, 6.45) is -2.84. The molecule has 2 saturated heterocycles. The molecule has 8 aliphatic carbocycles. The minimum absolute atomic E-state index is 0.00104. The van der Waals surface area contributed by atoms with Crippen LogP contribution in [0.25, 0.3) is 0 Å². The number of nitrogens with two attached hydrogens (primary N) is 1. The number of aliphatic hydroxyl groups excluding tert-OH is 4. The van der Waals surface area contributed by atoms with Gasteiger partial charge in [0.05, 0.1) is 55.2 Å². The van der Waals surface area contributed by atoms with E-state index in [2.05, 4.69) is 46.5 Å². The highest BCUT2D eigenvalue weighted by atomic mass is 19.4. The standard InChI is InChI=1S/C53H63F2N5O11.C48H55F2N5O9.C2HF3O2/c1-28(17-41(63)29(2)58-46(67)40(20-34-25-56-27-57-34)60-48(68)71-49(3,4)5)45(66)59-33-10-8-9-31(19-33)18-30-11-13-32(14-12-30)47-69-44-23-36-37-22-39(54)38-21-35(62)15-16-50(38,6)52(37,55)42(64)24-51(36,7)53(44,70-47)43(65)26-61;1-25(14-38(58)26(2)54-43(62)37(51)17-31-22-52-24-53-31)42(61)55-30-7-5-6-28(16-30)15-27-8-10-29(11-9-27)44-63-41-20-33-34-19-36(49)35-18-32(57)12-13-45(35,3)47(34,50)39(59)21-46(33,4)48(41,64-44)40(60)23-56;3-2(4,5)1(6)7/h8-16,19,21,25,27-29,36-37,39-40,42,44,47,61,64H,17-18,20,22-24,26H2,1-7H3,(H,56,57)(H,58,67)(H,59,66)(H,60,68);5-13,16,18,22,24-26,33-34,36-37,39,41,44,56,59H,14-15,17,19-21,23,51H2,1-4H3,(H,52,53)(H,54,62)(H,55,61);(H,6,7)/t28-,29+,36+,37+,39+,40+,42+,44-,47-,50+,51+,52+,53-;25-,26+,33+,34+,36+,37+,39+,41-,44-,45+,46+,47+,48-;/m11./s1. The second kappa shape index (κ2) is 40.7. The summed E-state index contributed by atoms with van der Waals surface area (Å²) in [4.78, 5) is 166. The van der Waals surface area contributed by atoms with Crippen LogP contribution in [-0.4, -0.2) is 224 Å². The van der Waals surface area contributed by atoms with Crippen LogP contribution in [0.3, 0.4) is 0 Å². The van der Waals surface area contributed by atoms with Gasteiger partial charge < -0.3 is 91.5 Å². The number of aromatic amines is 2. The van der Waals surface area contributed by atoms with E-state index in [0.717, 1.165) is 34.4 Å². The number of aliphatic hydroxyl groups is 4. The number of benzene rings is 4. The number of carbonyl (C=O) groups is 12. The molecule has 762 valence electrons. The highest BCUT2D eigenvalue weighted by Gasteiger charge is 2.82. The lowest BCUT2D eigenvalue weighted by Gasteiger charge is -2.63. The first-order chi connectivity index (χ1) is 66.7. The Bertz CT molecular complexity index is 5960. The maximum Gasteiger partial charge on any atom is 0.490 e. The lowest BCUT2D eigenvalue weighted by molar-refractivity contribution is -0.235. The number of aliphatic carboxylic acids is 1. The summed E-state index contributed by atoms with van der Waals surface area (Å²) in [5, 5.41) is 65.0. The Morgan fingerprint density at radius 3 is 1.32 bits per heavy atom. The van der Waals surface area contributed by atoms with E-state index >= 15 is 17.6 Å². The number of ether oxygens (including phenoxy) is 5. The molecule has 142 heavy (non-hydrogen) atoms. The Morgan fingerprint density at radius 2 is 0.944 bits per heavy atom. The van der Waals surface area contributed by atoms with Crippen LogP contribution in [0.2, 0.25) is 0 Å². The van der Waals surface area contributed by atoms with Gasteiger partial charge in [-0.3, -0.25) is 47.9 Å². The zero-order valence-electron chi connectivity index (χ0n) is 80.1. The third-order valence-corrected chi connectivity index (χ3v) is 30.7. The molecule has 2 aromatic heterocycles. The van der Waals surface area contributed by atoms with Crippen molar-refractivity contribution in [2.24, 2.45) is 62.9 Å². The molecule has 16 rings (SSSR count). The number of nitrogens with zero attached hydrogens (tertiary/aromatic N) is 2. The van der Waals surface area contributed by atoms with E-state index in [4.69, 9.17) is 39.3 Å². The van der Waals surface area contributed by atoms with Crippen molar-refractivity contribution in [3.05, 3.63) is 214 Å². The second-order valence-electron chi connectivity index (χ2n) is 41.0. The number of rotatable bonds is 29. The lowest BCUT2D eigenvalue weighted by Crippen LogP contribution is -2.70. The van der Waals surface area contributed by atoms with Crippen LogP contribution in [0, 0.1) is 57.2 Å². The van der Waals surface area contributed by atoms with Gasteiger partial charge in [0.2, 0.25) is 23.6 Å². The largest absolute Gasteiger partial charge is 0.490 e. The van der Waals surface area contributed by atoms with Crippen molar-refractivity contribution >= 4 is 81.8 Å². The van der Waals surface area contributed by atoms with E-state index in [1.807, 2.05) is 54.6 Å². The SMILES string of the molecule is C[C@H](CC(=O)[C@H](C)NC(=O)[C@@H](N)Cc1cnc[nH]1)C(=O)Nc1cccc(Cc2ccc([C@@H]3O[C@@H]4C[C@H]5[C@@H]6C[C@H](F)C7=CC(=O)C=C[C@]7(C)[C@@]6(F)[C@@H](O)C[C@]5(C)[C@]4(C(=O)CO)O3)cc2)c1.C[C@H](CC(=O)[C@H](C)NC(=O)[C@H](Cc1cnc[nH]1)NC(=O)OC(C)(C)C)C(=O)Nc1cccc(Cc2ccc([C@@H]3O[C@@H]4C[C@H]5[C@@H]6C[C@H](F)C7=CC(=O)C=C[C@]7(C)[C@@]6(F)[C@@H](O)C[C@]5(C)[C@]4(C(=O)CO)O3)cc2)c1.O=C(O)C(F)(F)F. The van der Waals surface area contributed by atoms with E-state index in [1.165, 1.54) is 63.9 Å². The van der Waals surface area contributed by atoms with Crippen LogP contribution < -0.4 is 32.3 Å². The van der Waals surface area contributed by atoms with E-state index in [1.54, 1.807) is 104 Å². The van der Waals surface area contributed by atoms with Gasteiger partial charge in [-0.25, -0.2) is 37.1 Å². The number of H-pyrrole nitrogens is 2. The molecule has 32 nitrogen and oxygen atoms in total. The molecule has 14 N–H and O–H groups in total. The Kier molecular flexibility index (Phi) is 30.3. The normalized spacial score (nSPS) is 31.9. The monoisotopic (exact) mass is 1980 g/mol. The van der Waals surface area contributed by atoms with Gasteiger partial charge in [0.15, 0.2) is 69.8 Å². The van der Waals surface area contributed by atoms with Crippen molar-refractivity contribution in [2.45, 2.75) is 261 Å². The van der Waals surface area contributed by atoms with Gasteiger partial charge in [-0.1, -0.05) is 113 Å². The number of ketones is 6. The first kappa shape index (κ1) is 106. The van der Waals surface area contributed by atoms with E-state index < -0.39 is 231 Å².